The number of benzene rings is 1. The Balaban J connectivity index is 1.55. The van der Waals surface area contributed by atoms with Crippen molar-refractivity contribution in [2.75, 3.05) is 33.8 Å². The quantitative estimate of drug-likeness (QED) is 0.463. The number of ether oxygens (including phenoxy) is 2. The average Bonchev–Trinajstić information content (AvgIpc) is 3.25. The fourth-order valence-corrected chi connectivity index (χ4v) is 5.09. The van der Waals surface area contributed by atoms with Gasteiger partial charge in [-0.15, -0.1) is 0 Å². The van der Waals surface area contributed by atoms with Crippen molar-refractivity contribution >= 4 is 11.7 Å². The van der Waals surface area contributed by atoms with Gasteiger partial charge in [-0.1, -0.05) is 6.58 Å². The second kappa shape index (κ2) is 9.07. The number of hydrogen-bond acceptors (Lipinski definition) is 5. The normalized spacial score (nSPS) is 17.7. The van der Waals surface area contributed by atoms with E-state index in [0.29, 0.717) is 67.5 Å². The molecule has 0 aliphatic carbocycles. The highest BCUT2D eigenvalue weighted by atomic mass is 19.4. The van der Waals surface area contributed by atoms with Gasteiger partial charge in [-0.05, 0) is 57.1 Å². The van der Waals surface area contributed by atoms with Gasteiger partial charge < -0.3 is 18.9 Å². The molecular formula is C25H28F3N3O4. The van der Waals surface area contributed by atoms with Gasteiger partial charge in [0, 0.05) is 37.4 Å². The summed E-state index contributed by atoms with van der Waals surface area (Å²) in [6.07, 6.45) is -3.85. The van der Waals surface area contributed by atoms with Gasteiger partial charge in [-0.2, -0.15) is 13.2 Å². The van der Waals surface area contributed by atoms with Gasteiger partial charge in [-0.3, -0.25) is 14.5 Å². The summed E-state index contributed by atoms with van der Waals surface area (Å²) in [7, 11) is 3.43. The van der Waals surface area contributed by atoms with E-state index in [2.05, 4.69) is 11.5 Å². The Labute approximate surface area is 201 Å². The summed E-state index contributed by atoms with van der Waals surface area (Å²) in [6.45, 7) is 7.07. The van der Waals surface area contributed by atoms with E-state index in [9.17, 15) is 22.8 Å². The van der Waals surface area contributed by atoms with Crippen molar-refractivity contribution in [1.29, 1.82) is 0 Å². The Morgan fingerprint density at radius 2 is 1.71 bits per heavy atom. The number of nitrogens with zero attached hydrogens (tertiary/aromatic N) is 3. The molecule has 35 heavy (non-hydrogen) atoms. The maximum absolute atomic E-state index is 13.2. The summed E-state index contributed by atoms with van der Waals surface area (Å²) in [4.78, 5) is 29.0. The molecule has 2 aromatic rings. The smallest absolute Gasteiger partial charge is 0.456 e. The van der Waals surface area contributed by atoms with Crippen molar-refractivity contribution in [3.05, 3.63) is 59.6 Å². The van der Waals surface area contributed by atoms with Gasteiger partial charge in [0.05, 0.1) is 24.1 Å². The first kappa shape index (κ1) is 24.8. The molecule has 1 saturated heterocycles. The molecule has 3 heterocycles. The minimum absolute atomic E-state index is 0.165. The topological polar surface area (TPSA) is 64.0 Å². The number of hydrogen-bond donors (Lipinski definition) is 0. The second-order valence-electron chi connectivity index (χ2n) is 9.00. The minimum atomic E-state index is -4.92. The number of aromatic nitrogens is 1. The number of carbonyl (C=O) groups excluding carboxylic acids is 2. The number of likely N-dealkylation sites (tertiary alicyclic amines) is 1. The number of Topliss-reactive ketones (excluding diaryl/α,β-unsaturated/α-hetero) is 1. The zero-order valence-corrected chi connectivity index (χ0v) is 19.9. The number of halogens is 3. The summed E-state index contributed by atoms with van der Waals surface area (Å²) in [5.41, 5.74) is 0.262. The van der Waals surface area contributed by atoms with Gasteiger partial charge >= 0.3 is 6.18 Å². The van der Waals surface area contributed by atoms with Crippen LogP contribution in [0.2, 0.25) is 0 Å². The lowest BCUT2D eigenvalue weighted by molar-refractivity contribution is -0.0892. The van der Waals surface area contributed by atoms with Crippen LogP contribution in [-0.4, -0.2) is 66.0 Å². The first-order valence-electron chi connectivity index (χ1n) is 11.3. The second-order valence-corrected chi connectivity index (χ2v) is 9.00. The van der Waals surface area contributed by atoms with Crippen molar-refractivity contribution < 1.29 is 32.2 Å². The first-order valence-corrected chi connectivity index (χ1v) is 11.3. The maximum Gasteiger partial charge on any atom is 0.456 e. The molecule has 1 spiro atoms. The number of rotatable bonds is 5. The van der Waals surface area contributed by atoms with Gasteiger partial charge in [0.1, 0.15) is 0 Å². The van der Waals surface area contributed by atoms with Gasteiger partial charge in [-0.25, -0.2) is 0 Å². The van der Waals surface area contributed by atoms with Gasteiger partial charge in [0.25, 0.3) is 11.7 Å². The van der Waals surface area contributed by atoms with Gasteiger partial charge in [0.15, 0.2) is 11.5 Å². The number of fused-ring (bicyclic) bond motifs is 2. The summed E-state index contributed by atoms with van der Waals surface area (Å²) in [5, 5.41) is 0. The highest BCUT2D eigenvalue weighted by molar-refractivity contribution is 5.99. The number of methoxy groups -OCH3 is 1. The van der Waals surface area contributed by atoms with E-state index in [1.54, 1.807) is 36.1 Å². The largest absolute Gasteiger partial charge is 0.493 e. The summed E-state index contributed by atoms with van der Waals surface area (Å²) in [5.74, 6) is -0.627. The third kappa shape index (κ3) is 4.42. The summed E-state index contributed by atoms with van der Waals surface area (Å²) in [6, 6.07) is 7.84. The number of alkyl halides is 3. The highest BCUT2D eigenvalue weighted by Crippen LogP contribution is 2.42. The third-order valence-electron chi connectivity index (χ3n) is 6.91. The van der Waals surface area contributed by atoms with Gasteiger partial charge in [0.2, 0.25) is 0 Å². The molecule has 7 nitrogen and oxygen atoms in total. The predicted molar refractivity (Wildman–Crippen MR) is 123 cm³/mol. The Hall–Kier alpha value is -3.27. The lowest BCUT2D eigenvalue weighted by Gasteiger charge is -2.50. The number of allylic oxidation sites excluding steroid dienone is 1. The summed E-state index contributed by atoms with van der Waals surface area (Å²) >= 11 is 0. The van der Waals surface area contributed by atoms with Crippen LogP contribution in [0.4, 0.5) is 13.2 Å². The van der Waals surface area contributed by atoms with Crippen LogP contribution in [0.5, 0.6) is 11.5 Å². The van der Waals surface area contributed by atoms with Crippen LogP contribution in [0.3, 0.4) is 0 Å². The van der Waals surface area contributed by atoms with Crippen LogP contribution in [0.25, 0.3) is 0 Å². The SMILES string of the molecule is C=C(C)Oc1ccc(C(=O)N2CCC3(CC2)c2ccc(C(=O)C(F)(F)F)n2CCN3C)cc1OC. The Kier molecular flexibility index (Phi) is 6.44. The highest BCUT2D eigenvalue weighted by Gasteiger charge is 2.47. The van der Waals surface area contributed by atoms with E-state index >= 15 is 0 Å². The molecule has 10 heteroatoms. The van der Waals surface area contributed by atoms with E-state index in [1.165, 1.54) is 17.7 Å². The summed E-state index contributed by atoms with van der Waals surface area (Å²) < 4.78 is 51.7. The number of amides is 1. The van der Waals surface area contributed by atoms with E-state index in [-0.39, 0.29) is 11.6 Å². The molecule has 1 aromatic carbocycles. The number of likely N-dealkylation sites (N-methyl/N-ethyl adjacent to an activating group) is 1. The standard InChI is InChI=1S/C25H28F3N3O4/c1-16(2)35-19-7-5-17(15-20(19)34-4)23(33)30-11-9-24(10-12-30)21-8-6-18(22(32)25(26,27)28)31(21)14-13-29(24)3/h5-8,15H,1,9-14H2,2-4H3. The fourth-order valence-electron chi connectivity index (χ4n) is 5.09. The number of piperidine rings is 1. The minimum Gasteiger partial charge on any atom is -0.493 e. The molecule has 0 saturated carbocycles. The van der Waals surface area contributed by atoms with Crippen LogP contribution in [0, 0.1) is 0 Å². The first-order chi connectivity index (χ1) is 16.5. The lowest BCUT2D eigenvalue weighted by atomic mass is 9.81. The molecule has 1 fully saturated rings. The van der Waals surface area contributed by atoms with Crippen LogP contribution in [0.15, 0.2) is 42.7 Å². The molecule has 4 rings (SSSR count). The molecule has 1 amide bonds. The molecule has 0 bridgehead atoms. The number of carbonyl (C=O) groups is 2. The Bertz CT molecular complexity index is 1160. The molecular weight excluding hydrogens is 463 g/mol. The fraction of sp³-hybridized carbons (Fsp3) is 0.440. The van der Waals surface area contributed by atoms with Crippen LogP contribution >= 0.6 is 0 Å². The molecule has 2 aliphatic rings. The lowest BCUT2D eigenvalue weighted by Crippen LogP contribution is -2.56. The molecule has 0 radical (unpaired) electrons. The zero-order chi connectivity index (χ0) is 25.5. The van der Waals surface area contributed by atoms with Crippen molar-refractivity contribution in [2.24, 2.45) is 0 Å². The van der Waals surface area contributed by atoms with Crippen LogP contribution < -0.4 is 9.47 Å². The van der Waals surface area contributed by atoms with Crippen LogP contribution in [-0.2, 0) is 12.1 Å². The van der Waals surface area contributed by atoms with E-state index in [0.717, 1.165) is 0 Å². The predicted octanol–water partition coefficient (Wildman–Crippen LogP) is 4.23. The molecule has 2 aliphatic heterocycles. The Morgan fingerprint density at radius 3 is 2.31 bits per heavy atom. The molecule has 188 valence electrons. The third-order valence-corrected chi connectivity index (χ3v) is 6.91. The molecule has 1 aromatic heterocycles. The molecule has 0 unspecified atom stereocenters. The Morgan fingerprint density at radius 1 is 1.03 bits per heavy atom. The van der Waals surface area contributed by atoms with E-state index in [4.69, 9.17) is 9.47 Å². The van der Waals surface area contributed by atoms with Crippen molar-refractivity contribution in [1.82, 2.24) is 14.4 Å². The number of ketones is 1. The van der Waals surface area contributed by atoms with E-state index < -0.39 is 17.5 Å². The average molecular weight is 492 g/mol. The monoisotopic (exact) mass is 491 g/mol. The van der Waals surface area contributed by atoms with Crippen molar-refractivity contribution in [3.8, 4) is 11.5 Å². The van der Waals surface area contributed by atoms with Crippen LogP contribution in [0.1, 0.15) is 46.3 Å². The van der Waals surface area contributed by atoms with E-state index in [1.807, 2.05) is 7.05 Å². The molecule has 0 N–H and O–H groups in total. The van der Waals surface area contributed by atoms with Crippen molar-refractivity contribution in [3.63, 3.8) is 0 Å². The maximum atomic E-state index is 13.2. The van der Waals surface area contributed by atoms with Crippen molar-refractivity contribution in [2.45, 2.75) is 38.0 Å². The molecule has 0 atom stereocenters. The zero-order valence-electron chi connectivity index (χ0n) is 19.9.